The Kier molecular flexibility index (Phi) is 6.07. The Labute approximate surface area is 168 Å². The summed E-state index contributed by atoms with van der Waals surface area (Å²) in [6.45, 7) is 8.15. The lowest BCUT2D eigenvalue weighted by Gasteiger charge is -2.32. The summed E-state index contributed by atoms with van der Waals surface area (Å²) in [5.74, 6) is 2.11. The average molecular weight is 390 g/mol. The monoisotopic (exact) mass is 389 g/mol. The molecule has 1 saturated heterocycles. The van der Waals surface area contributed by atoms with Gasteiger partial charge in [-0.1, -0.05) is 19.3 Å². The lowest BCUT2D eigenvalue weighted by atomic mass is 9.83. The van der Waals surface area contributed by atoms with Crippen LogP contribution >= 0.6 is 0 Å². The maximum atomic E-state index is 11.8. The number of fused-ring (bicyclic) bond motifs is 1. The summed E-state index contributed by atoms with van der Waals surface area (Å²) in [5.41, 5.74) is -0.161. The van der Waals surface area contributed by atoms with E-state index in [1.54, 1.807) is 6.20 Å². The predicted octanol–water partition coefficient (Wildman–Crippen LogP) is 3.38. The van der Waals surface area contributed by atoms with Crippen molar-refractivity contribution in [2.24, 2.45) is 17.8 Å². The van der Waals surface area contributed by atoms with E-state index in [-0.39, 0.29) is 5.92 Å². The second-order valence-corrected chi connectivity index (χ2v) is 8.79. The molecule has 0 bridgehead atoms. The molecular formula is C22H35N3O3. The first-order chi connectivity index (χ1) is 13.6. The van der Waals surface area contributed by atoms with Crippen LogP contribution < -0.4 is 9.47 Å². The van der Waals surface area contributed by atoms with Crippen LogP contribution in [0.3, 0.4) is 0 Å². The van der Waals surface area contributed by atoms with Crippen molar-refractivity contribution in [2.75, 3.05) is 32.8 Å². The smallest absolute Gasteiger partial charge is 0.319 e. The van der Waals surface area contributed by atoms with Crippen LogP contribution in [0, 0.1) is 17.8 Å². The standard InChI is InChI=1S/C22H35N3O3/c1-3-27-20-18(12-23-21(24-20)28-4-2)22(26)11-10-17-14-25(15-19(17)22)13-16-8-6-5-7-9-16/h12,16-17,19,26H,3-11,13-15H2,1-2H3/t17-,19+,22+/m0/s1. The van der Waals surface area contributed by atoms with Crippen LogP contribution in [0.4, 0.5) is 0 Å². The highest BCUT2D eigenvalue weighted by Gasteiger charge is 2.54. The number of likely N-dealkylation sites (tertiary alicyclic amines) is 1. The molecule has 2 heterocycles. The molecule has 3 fully saturated rings. The van der Waals surface area contributed by atoms with Gasteiger partial charge in [0.25, 0.3) is 0 Å². The highest BCUT2D eigenvalue weighted by Crippen LogP contribution is 2.52. The summed E-state index contributed by atoms with van der Waals surface area (Å²) in [6.07, 6.45) is 10.5. The third-order valence-corrected chi connectivity index (χ3v) is 7.02. The molecule has 0 unspecified atom stereocenters. The van der Waals surface area contributed by atoms with E-state index in [1.165, 1.54) is 38.6 Å². The summed E-state index contributed by atoms with van der Waals surface area (Å²) in [4.78, 5) is 11.4. The van der Waals surface area contributed by atoms with Gasteiger partial charge in [-0.2, -0.15) is 4.98 Å². The van der Waals surface area contributed by atoms with Crippen LogP contribution in [0.25, 0.3) is 0 Å². The number of aromatic nitrogens is 2. The number of hydrogen-bond acceptors (Lipinski definition) is 6. The summed E-state index contributed by atoms with van der Waals surface area (Å²) < 4.78 is 11.2. The normalized spacial score (nSPS) is 31.1. The zero-order valence-corrected chi connectivity index (χ0v) is 17.4. The quantitative estimate of drug-likeness (QED) is 0.771. The molecule has 0 radical (unpaired) electrons. The Bertz CT molecular complexity index is 664. The van der Waals surface area contributed by atoms with Crippen molar-refractivity contribution in [1.29, 1.82) is 0 Å². The first kappa shape index (κ1) is 19.9. The van der Waals surface area contributed by atoms with Gasteiger partial charge >= 0.3 is 6.01 Å². The maximum absolute atomic E-state index is 11.8. The lowest BCUT2D eigenvalue weighted by Crippen LogP contribution is -2.36. The summed E-state index contributed by atoms with van der Waals surface area (Å²) >= 11 is 0. The van der Waals surface area contributed by atoms with Crippen molar-refractivity contribution < 1.29 is 14.6 Å². The van der Waals surface area contributed by atoms with Crippen molar-refractivity contribution in [1.82, 2.24) is 14.9 Å². The largest absolute Gasteiger partial charge is 0.478 e. The van der Waals surface area contributed by atoms with Gasteiger partial charge in [0, 0.05) is 31.7 Å². The fourth-order valence-corrected chi connectivity index (χ4v) is 5.70. The van der Waals surface area contributed by atoms with Crippen molar-refractivity contribution in [3.05, 3.63) is 11.8 Å². The van der Waals surface area contributed by atoms with E-state index in [0.29, 0.717) is 31.0 Å². The SMILES string of the molecule is CCOc1ncc([C@]2(O)CC[C@H]3CN(CC4CCCCC4)C[C@H]32)c(OCC)n1. The Morgan fingerprint density at radius 2 is 1.89 bits per heavy atom. The number of aliphatic hydroxyl groups is 1. The minimum Gasteiger partial charge on any atom is -0.478 e. The Hall–Kier alpha value is -1.40. The van der Waals surface area contributed by atoms with Crippen LogP contribution in [0.5, 0.6) is 11.9 Å². The van der Waals surface area contributed by atoms with Crippen LogP contribution in [0.1, 0.15) is 64.4 Å². The predicted molar refractivity (Wildman–Crippen MR) is 107 cm³/mol. The molecule has 3 atom stereocenters. The van der Waals surface area contributed by atoms with E-state index in [4.69, 9.17) is 9.47 Å². The Morgan fingerprint density at radius 1 is 1.11 bits per heavy atom. The van der Waals surface area contributed by atoms with E-state index < -0.39 is 5.60 Å². The van der Waals surface area contributed by atoms with Crippen molar-refractivity contribution in [3.63, 3.8) is 0 Å². The minimum atomic E-state index is -0.902. The van der Waals surface area contributed by atoms with E-state index in [0.717, 1.165) is 37.4 Å². The molecule has 0 amide bonds. The van der Waals surface area contributed by atoms with Gasteiger partial charge in [-0.3, -0.25) is 0 Å². The molecule has 1 aliphatic heterocycles. The van der Waals surface area contributed by atoms with Gasteiger partial charge in [0.2, 0.25) is 5.88 Å². The number of rotatable bonds is 7. The van der Waals surface area contributed by atoms with E-state index in [2.05, 4.69) is 14.9 Å². The fourth-order valence-electron chi connectivity index (χ4n) is 5.70. The van der Waals surface area contributed by atoms with Crippen molar-refractivity contribution in [3.8, 4) is 11.9 Å². The van der Waals surface area contributed by atoms with Gasteiger partial charge in [0.1, 0.15) is 5.60 Å². The Balaban J connectivity index is 1.51. The van der Waals surface area contributed by atoms with Gasteiger partial charge < -0.3 is 19.5 Å². The zero-order chi connectivity index (χ0) is 19.6. The number of nitrogens with zero attached hydrogens (tertiary/aromatic N) is 3. The molecule has 2 saturated carbocycles. The molecule has 3 aliphatic rings. The molecule has 6 nitrogen and oxygen atoms in total. The molecule has 28 heavy (non-hydrogen) atoms. The topological polar surface area (TPSA) is 67.7 Å². The molecule has 1 aromatic heterocycles. The minimum absolute atomic E-state index is 0.233. The molecule has 2 aliphatic carbocycles. The first-order valence-corrected chi connectivity index (χ1v) is 11.2. The van der Waals surface area contributed by atoms with Gasteiger partial charge in [-0.15, -0.1) is 0 Å². The van der Waals surface area contributed by atoms with Crippen molar-refractivity contribution >= 4 is 0 Å². The first-order valence-electron chi connectivity index (χ1n) is 11.2. The second kappa shape index (κ2) is 8.54. The van der Waals surface area contributed by atoms with Crippen LogP contribution in [0.15, 0.2) is 6.20 Å². The lowest BCUT2D eigenvalue weighted by molar-refractivity contribution is -0.0105. The van der Waals surface area contributed by atoms with Gasteiger partial charge in [0.15, 0.2) is 0 Å². The molecule has 0 spiro atoms. The summed E-state index contributed by atoms with van der Waals surface area (Å²) in [5, 5.41) is 11.8. The molecule has 6 heteroatoms. The number of hydrogen-bond donors (Lipinski definition) is 1. The molecule has 0 aromatic carbocycles. The van der Waals surface area contributed by atoms with E-state index in [1.807, 2.05) is 13.8 Å². The highest BCUT2D eigenvalue weighted by molar-refractivity contribution is 5.34. The van der Waals surface area contributed by atoms with E-state index in [9.17, 15) is 5.11 Å². The molecule has 4 rings (SSSR count). The summed E-state index contributed by atoms with van der Waals surface area (Å²) in [7, 11) is 0. The van der Waals surface area contributed by atoms with Crippen LogP contribution in [-0.2, 0) is 5.60 Å². The van der Waals surface area contributed by atoms with Crippen LogP contribution in [0.2, 0.25) is 0 Å². The zero-order valence-electron chi connectivity index (χ0n) is 17.4. The van der Waals surface area contributed by atoms with Gasteiger partial charge in [0.05, 0.1) is 18.8 Å². The summed E-state index contributed by atoms with van der Waals surface area (Å²) in [6, 6.07) is 0.318. The Morgan fingerprint density at radius 3 is 2.64 bits per heavy atom. The highest BCUT2D eigenvalue weighted by atomic mass is 16.5. The molecule has 1 aromatic rings. The third-order valence-electron chi connectivity index (χ3n) is 7.02. The number of ether oxygens (including phenoxy) is 2. The molecule has 156 valence electrons. The average Bonchev–Trinajstić information content (AvgIpc) is 3.24. The van der Waals surface area contributed by atoms with Gasteiger partial charge in [-0.25, -0.2) is 4.98 Å². The fraction of sp³-hybridized carbons (Fsp3) is 0.818. The second-order valence-electron chi connectivity index (χ2n) is 8.79. The van der Waals surface area contributed by atoms with Crippen LogP contribution in [-0.4, -0.2) is 52.8 Å². The van der Waals surface area contributed by atoms with Gasteiger partial charge in [-0.05, 0) is 51.4 Å². The maximum Gasteiger partial charge on any atom is 0.319 e. The third kappa shape index (κ3) is 3.86. The molecule has 1 N–H and O–H groups in total. The van der Waals surface area contributed by atoms with E-state index >= 15 is 0 Å². The molecular weight excluding hydrogens is 354 g/mol. The van der Waals surface area contributed by atoms with Crippen molar-refractivity contribution in [2.45, 2.75) is 64.4 Å².